The van der Waals surface area contributed by atoms with Gasteiger partial charge in [0.15, 0.2) is 5.78 Å². The van der Waals surface area contributed by atoms with Crippen molar-refractivity contribution in [3.8, 4) is 0 Å². The number of rotatable bonds is 9. The quantitative estimate of drug-likeness (QED) is 0.413. The molecule has 4 rings (SSSR count). The third-order valence-electron chi connectivity index (χ3n) is 6.51. The molecule has 1 fully saturated rings. The van der Waals surface area contributed by atoms with Crippen LogP contribution in [0.15, 0.2) is 84.9 Å². The molecule has 0 saturated carbocycles. The number of carbonyl (C=O) groups excluding carboxylic acids is 3. The molecule has 2 N–H and O–H groups in total. The van der Waals surface area contributed by atoms with E-state index in [4.69, 9.17) is 4.74 Å². The number of ketones is 1. The van der Waals surface area contributed by atoms with E-state index in [0.29, 0.717) is 43.8 Å². The zero-order chi connectivity index (χ0) is 26.0. The molecule has 1 saturated heterocycles. The molecule has 0 aliphatic carbocycles. The van der Waals surface area contributed by atoms with E-state index in [1.165, 1.54) is 0 Å². The first-order valence-electron chi connectivity index (χ1n) is 12.6. The maximum absolute atomic E-state index is 13.4. The van der Waals surface area contributed by atoms with E-state index in [1.807, 2.05) is 85.8 Å². The summed E-state index contributed by atoms with van der Waals surface area (Å²) in [5, 5.41) is 5.59. The number of urea groups is 1. The Balaban J connectivity index is 1.37. The minimum atomic E-state index is -0.852. The van der Waals surface area contributed by atoms with Crippen LogP contribution in [0.5, 0.6) is 0 Å². The van der Waals surface area contributed by atoms with Crippen LogP contribution in [0, 0.1) is 12.8 Å². The van der Waals surface area contributed by atoms with Crippen LogP contribution < -0.4 is 10.6 Å². The molecule has 7 heteroatoms. The molecule has 0 aromatic heterocycles. The van der Waals surface area contributed by atoms with Crippen molar-refractivity contribution in [1.29, 1.82) is 0 Å². The van der Waals surface area contributed by atoms with Crippen LogP contribution in [0.25, 0.3) is 0 Å². The molecule has 0 unspecified atom stereocenters. The number of anilines is 1. The topological polar surface area (TPSA) is 87.7 Å². The lowest BCUT2D eigenvalue weighted by atomic mass is 9.88. The monoisotopic (exact) mass is 499 g/mol. The second-order valence-corrected chi connectivity index (χ2v) is 9.35. The van der Waals surface area contributed by atoms with Gasteiger partial charge in [0.1, 0.15) is 6.04 Å². The fraction of sp³-hybridized carbons (Fsp3) is 0.300. The van der Waals surface area contributed by atoms with Crippen molar-refractivity contribution in [2.24, 2.45) is 5.92 Å². The number of likely N-dealkylation sites (tertiary alicyclic amines) is 1. The first-order chi connectivity index (χ1) is 18.0. The molecule has 3 aromatic carbocycles. The smallest absolute Gasteiger partial charge is 0.319 e. The van der Waals surface area contributed by atoms with Crippen molar-refractivity contribution >= 4 is 23.4 Å². The number of benzene rings is 3. The van der Waals surface area contributed by atoms with Crippen molar-refractivity contribution in [1.82, 2.24) is 10.2 Å². The number of carbonyl (C=O) groups is 3. The molecule has 37 heavy (non-hydrogen) atoms. The van der Waals surface area contributed by atoms with Gasteiger partial charge in [-0.2, -0.15) is 0 Å². The Kier molecular flexibility index (Phi) is 9.05. The van der Waals surface area contributed by atoms with Crippen molar-refractivity contribution in [2.45, 2.75) is 32.4 Å². The fourth-order valence-electron chi connectivity index (χ4n) is 4.51. The molecule has 7 nitrogen and oxygen atoms in total. The van der Waals surface area contributed by atoms with Crippen LogP contribution in [-0.4, -0.2) is 48.4 Å². The number of ether oxygens (including phenoxy) is 1. The number of amides is 3. The van der Waals surface area contributed by atoms with Gasteiger partial charge < -0.3 is 20.3 Å². The summed E-state index contributed by atoms with van der Waals surface area (Å²) >= 11 is 0. The summed E-state index contributed by atoms with van der Waals surface area (Å²) in [6.07, 6.45) is 1.18. The highest BCUT2D eigenvalue weighted by Crippen LogP contribution is 2.22. The standard InChI is InChI=1S/C30H33N3O4/c1-22-9-8-14-26(19-22)31-30(36)32-27(21-37-20-23-10-4-2-5-11-23)29(35)33-17-15-25(16-18-33)28(34)24-12-6-3-7-13-24/h2-14,19,25,27H,15-18,20-21H2,1H3,(H2,31,32,36)/t27-/m1/s1. The average Bonchev–Trinajstić information content (AvgIpc) is 2.93. The summed E-state index contributed by atoms with van der Waals surface area (Å²) in [7, 11) is 0. The fourth-order valence-corrected chi connectivity index (χ4v) is 4.51. The molecule has 1 atom stereocenters. The van der Waals surface area contributed by atoms with Crippen LogP contribution in [-0.2, 0) is 16.1 Å². The average molecular weight is 500 g/mol. The Hall–Kier alpha value is -3.97. The predicted octanol–water partition coefficient (Wildman–Crippen LogP) is 4.82. The lowest BCUT2D eigenvalue weighted by Crippen LogP contribution is -2.53. The van der Waals surface area contributed by atoms with Crippen molar-refractivity contribution in [2.75, 3.05) is 25.0 Å². The summed E-state index contributed by atoms with van der Waals surface area (Å²) in [6, 6.07) is 25.1. The number of nitrogens with zero attached hydrogens (tertiary/aromatic N) is 1. The summed E-state index contributed by atoms with van der Waals surface area (Å²) in [4.78, 5) is 40.8. The number of hydrogen-bond acceptors (Lipinski definition) is 4. The zero-order valence-corrected chi connectivity index (χ0v) is 21.1. The van der Waals surface area contributed by atoms with Crippen molar-refractivity contribution < 1.29 is 19.1 Å². The Labute approximate surface area is 217 Å². The van der Waals surface area contributed by atoms with Crippen LogP contribution in [0.2, 0.25) is 0 Å². The van der Waals surface area contributed by atoms with Crippen LogP contribution in [0.1, 0.15) is 34.3 Å². The number of hydrogen-bond donors (Lipinski definition) is 2. The maximum atomic E-state index is 13.4. The van der Waals surface area contributed by atoms with E-state index in [-0.39, 0.29) is 24.2 Å². The van der Waals surface area contributed by atoms with Crippen LogP contribution in [0.4, 0.5) is 10.5 Å². The molecular formula is C30H33N3O4. The minimum Gasteiger partial charge on any atom is -0.374 e. The zero-order valence-electron chi connectivity index (χ0n) is 21.1. The maximum Gasteiger partial charge on any atom is 0.319 e. The van der Waals surface area contributed by atoms with Gasteiger partial charge in [-0.15, -0.1) is 0 Å². The van der Waals surface area contributed by atoms with Gasteiger partial charge in [-0.05, 0) is 43.0 Å². The molecule has 0 spiro atoms. The van der Waals surface area contributed by atoms with Gasteiger partial charge >= 0.3 is 6.03 Å². The number of aryl methyl sites for hydroxylation is 1. The van der Waals surface area contributed by atoms with Gasteiger partial charge in [-0.3, -0.25) is 9.59 Å². The highest BCUT2D eigenvalue weighted by atomic mass is 16.5. The van der Waals surface area contributed by atoms with Gasteiger partial charge in [0, 0.05) is 30.3 Å². The number of nitrogens with one attached hydrogen (secondary N) is 2. The van der Waals surface area contributed by atoms with Crippen LogP contribution >= 0.6 is 0 Å². The highest BCUT2D eigenvalue weighted by molar-refractivity contribution is 5.98. The molecule has 3 aromatic rings. The lowest BCUT2D eigenvalue weighted by Gasteiger charge is -2.34. The minimum absolute atomic E-state index is 0.0395. The van der Waals surface area contributed by atoms with E-state index in [1.54, 1.807) is 11.0 Å². The Bertz CT molecular complexity index is 1190. The largest absolute Gasteiger partial charge is 0.374 e. The molecule has 1 aliphatic heterocycles. The molecule has 0 bridgehead atoms. The van der Waals surface area contributed by atoms with Crippen molar-refractivity contribution in [3.63, 3.8) is 0 Å². The molecule has 3 amide bonds. The third-order valence-corrected chi connectivity index (χ3v) is 6.51. The van der Waals surface area contributed by atoms with E-state index in [0.717, 1.165) is 11.1 Å². The van der Waals surface area contributed by atoms with Gasteiger partial charge in [0.2, 0.25) is 5.91 Å². The molecule has 1 heterocycles. The molecular weight excluding hydrogens is 466 g/mol. The summed E-state index contributed by atoms with van der Waals surface area (Å²) in [5.41, 5.74) is 3.35. The van der Waals surface area contributed by atoms with E-state index >= 15 is 0 Å². The molecule has 192 valence electrons. The summed E-state index contributed by atoms with van der Waals surface area (Å²) in [6.45, 7) is 3.23. The first-order valence-corrected chi connectivity index (χ1v) is 12.6. The van der Waals surface area contributed by atoms with E-state index in [2.05, 4.69) is 10.6 Å². The van der Waals surface area contributed by atoms with E-state index < -0.39 is 12.1 Å². The van der Waals surface area contributed by atoms with Gasteiger partial charge in [0.05, 0.1) is 13.2 Å². The first kappa shape index (κ1) is 26.1. The van der Waals surface area contributed by atoms with Gasteiger partial charge in [-0.25, -0.2) is 4.79 Å². The SMILES string of the molecule is Cc1cccc(NC(=O)N[C@H](COCc2ccccc2)C(=O)N2CCC(C(=O)c3ccccc3)CC2)c1. The van der Waals surface area contributed by atoms with Crippen molar-refractivity contribution in [3.05, 3.63) is 102 Å². The Morgan fingerprint density at radius 1 is 0.919 bits per heavy atom. The van der Waals surface area contributed by atoms with Gasteiger partial charge in [0.25, 0.3) is 0 Å². The van der Waals surface area contributed by atoms with Gasteiger partial charge in [-0.1, -0.05) is 72.8 Å². The predicted molar refractivity (Wildman–Crippen MR) is 143 cm³/mol. The Morgan fingerprint density at radius 3 is 2.27 bits per heavy atom. The third kappa shape index (κ3) is 7.51. The van der Waals surface area contributed by atoms with Crippen LogP contribution in [0.3, 0.4) is 0 Å². The lowest BCUT2D eigenvalue weighted by molar-refractivity contribution is -0.136. The highest BCUT2D eigenvalue weighted by Gasteiger charge is 2.32. The number of piperidine rings is 1. The van der Waals surface area contributed by atoms with E-state index in [9.17, 15) is 14.4 Å². The normalized spacial score (nSPS) is 14.6. The number of Topliss-reactive ketones (excluding diaryl/α,β-unsaturated/α-hetero) is 1. The molecule has 1 aliphatic rings. The second-order valence-electron chi connectivity index (χ2n) is 9.35. The summed E-state index contributed by atoms with van der Waals surface area (Å²) in [5.74, 6) is -0.207. The molecule has 0 radical (unpaired) electrons. The Morgan fingerprint density at radius 2 is 1.59 bits per heavy atom. The second kappa shape index (κ2) is 12.8. The summed E-state index contributed by atoms with van der Waals surface area (Å²) < 4.78 is 5.84.